The third-order valence-corrected chi connectivity index (χ3v) is 5.96. The van der Waals surface area contributed by atoms with Crippen LogP contribution in [0.5, 0.6) is 0 Å². The Morgan fingerprint density at radius 2 is 1.43 bits per heavy atom. The monoisotopic (exact) mass is 320 g/mol. The molecule has 136 valence electrons. The number of rotatable bonds is 17. The van der Waals surface area contributed by atoms with Crippen molar-refractivity contribution in [3.05, 3.63) is 12.7 Å². The summed E-state index contributed by atoms with van der Waals surface area (Å²) in [7, 11) is 0. The van der Waals surface area contributed by atoms with Gasteiger partial charge in [0.05, 0.1) is 0 Å². The summed E-state index contributed by atoms with van der Waals surface area (Å²) in [5.74, 6) is 3.10. The highest BCUT2D eigenvalue weighted by molar-refractivity contribution is 4.82. The number of unbranched alkanes of at least 4 members (excludes halogenated alkanes) is 8. The summed E-state index contributed by atoms with van der Waals surface area (Å²) in [6.07, 6.45) is 25.3. The lowest BCUT2D eigenvalue weighted by Crippen LogP contribution is -2.01. The average Bonchev–Trinajstić information content (AvgIpc) is 3.25. The third-order valence-electron chi connectivity index (χ3n) is 5.96. The Morgan fingerprint density at radius 1 is 0.870 bits per heavy atom. The second-order valence-electron chi connectivity index (χ2n) is 8.25. The highest BCUT2D eigenvalue weighted by Crippen LogP contribution is 2.42. The molecule has 0 heterocycles. The van der Waals surface area contributed by atoms with Gasteiger partial charge < -0.3 is 0 Å². The van der Waals surface area contributed by atoms with Gasteiger partial charge in [-0.05, 0) is 37.0 Å². The van der Waals surface area contributed by atoms with E-state index in [1.165, 1.54) is 103 Å². The van der Waals surface area contributed by atoms with E-state index in [4.69, 9.17) is 0 Å². The Hall–Kier alpha value is -0.260. The first-order valence-corrected chi connectivity index (χ1v) is 10.9. The standard InChI is InChI=1S/C23H44/c1-4-6-8-9-10-11-12-13-14-17-22(16-7-5-2)18-15-19-23-20-21(23)3/h5,21-23H,2,4,6-20H2,1,3H3. The smallest absolute Gasteiger partial charge is 0.0351 e. The van der Waals surface area contributed by atoms with Crippen LogP contribution in [0.3, 0.4) is 0 Å². The van der Waals surface area contributed by atoms with Crippen molar-refractivity contribution in [2.45, 2.75) is 117 Å². The van der Waals surface area contributed by atoms with Crippen LogP contribution >= 0.6 is 0 Å². The van der Waals surface area contributed by atoms with Crippen LogP contribution in [0, 0.1) is 17.8 Å². The molecule has 0 aromatic rings. The van der Waals surface area contributed by atoms with Gasteiger partial charge >= 0.3 is 0 Å². The molecule has 0 radical (unpaired) electrons. The first kappa shape index (κ1) is 20.8. The molecule has 0 saturated heterocycles. The summed E-state index contributed by atoms with van der Waals surface area (Å²) in [6, 6.07) is 0. The zero-order valence-corrected chi connectivity index (χ0v) is 16.3. The average molecular weight is 321 g/mol. The van der Waals surface area contributed by atoms with Gasteiger partial charge in [-0.15, -0.1) is 6.58 Å². The molecule has 0 aromatic heterocycles. The first-order valence-electron chi connectivity index (χ1n) is 10.9. The Balaban J connectivity index is 1.95. The molecule has 23 heavy (non-hydrogen) atoms. The summed E-state index contributed by atoms with van der Waals surface area (Å²) >= 11 is 0. The van der Waals surface area contributed by atoms with Crippen LogP contribution in [-0.2, 0) is 0 Å². The lowest BCUT2D eigenvalue weighted by Gasteiger charge is -2.16. The predicted molar refractivity (Wildman–Crippen MR) is 106 cm³/mol. The highest BCUT2D eigenvalue weighted by Gasteiger charge is 2.31. The van der Waals surface area contributed by atoms with Gasteiger partial charge in [0, 0.05) is 0 Å². The van der Waals surface area contributed by atoms with Crippen molar-refractivity contribution in [1.82, 2.24) is 0 Å². The maximum atomic E-state index is 3.91. The molecule has 0 heteroatoms. The van der Waals surface area contributed by atoms with Crippen LogP contribution in [-0.4, -0.2) is 0 Å². The predicted octanol–water partition coefficient (Wildman–Crippen LogP) is 8.32. The molecule has 0 N–H and O–H groups in total. The third kappa shape index (κ3) is 11.8. The summed E-state index contributed by atoms with van der Waals surface area (Å²) in [5, 5.41) is 0. The molecule has 0 aromatic carbocycles. The highest BCUT2D eigenvalue weighted by atomic mass is 14.4. The molecule has 1 saturated carbocycles. The molecular weight excluding hydrogens is 276 g/mol. The summed E-state index contributed by atoms with van der Waals surface area (Å²) < 4.78 is 0. The van der Waals surface area contributed by atoms with Crippen LogP contribution < -0.4 is 0 Å². The van der Waals surface area contributed by atoms with E-state index in [9.17, 15) is 0 Å². The molecule has 1 rings (SSSR count). The van der Waals surface area contributed by atoms with Crippen molar-refractivity contribution in [2.24, 2.45) is 17.8 Å². The van der Waals surface area contributed by atoms with Crippen molar-refractivity contribution >= 4 is 0 Å². The molecule has 0 spiro atoms. The fraction of sp³-hybridized carbons (Fsp3) is 0.913. The maximum Gasteiger partial charge on any atom is -0.0351 e. The van der Waals surface area contributed by atoms with E-state index in [1.807, 2.05) is 0 Å². The summed E-state index contributed by atoms with van der Waals surface area (Å²) in [6.45, 7) is 8.63. The van der Waals surface area contributed by atoms with Crippen molar-refractivity contribution < 1.29 is 0 Å². The summed E-state index contributed by atoms with van der Waals surface area (Å²) in [4.78, 5) is 0. The lowest BCUT2D eigenvalue weighted by molar-refractivity contribution is 0.380. The van der Waals surface area contributed by atoms with Crippen molar-refractivity contribution in [3.63, 3.8) is 0 Å². The van der Waals surface area contributed by atoms with E-state index in [0.717, 1.165) is 17.8 Å². The zero-order valence-electron chi connectivity index (χ0n) is 16.3. The topological polar surface area (TPSA) is 0 Å². The Kier molecular flexibility index (Phi) is 12.8. The van der Waals surface area contributed by atoms with Gasteiger partial charge in [-0.3, -0.25) is 0 Å². The van der Waals surface area contributed by atoms with Crippen molar-refractivity contribution in [3.8, 4) is 0 Å². The van der Waals surface area contributed by atoms with Crippen molar-refractivity contribution in [2.75, 3.05) is 0 Å². The molecule has 1 aliphatic carbocycles. The van der Waals surface area contributed by atoms with Gasteiger partial charge in [0.25, 0.3) is 0 Å². The maximum absolute atomic E-state index is 3.91. The second-order valence-corrected chi connectivity index (χ2v) is 8.25. The minimum atomic E-state index is 0.978. The molecule has 0 amide bonds. The molecular formula is C23H44. The molecule has 0 bridgehead atoms. The Morgan fingerprint density at radius 3 is 2.00 bits per heavy atom. The van der Waals surface area contributed by atoms with E-state index in [-0.39, 0.29) is 0 Å². The van der Waals surface area contributed by atoms with E-state index in [0.29, 0.717) is 0 Å². The summed E-state index contributed by atoms with van der Waals surface area (Å²) in [5.41, 5.74) is 0. The molecule has 3 atom stereocenters. The second kappa shape index (κ2) is 14.1. The Labute approximate surface area is 147 Å². The van der Waals surface area contributed by atoms with Gasteiger partial charge in [0.15, 0.2) is 0 Å². The zero-order chi connectivity index (χ0) is 16.8. The SMILES string of the molecule is C=CCCC(CCCCCCCCCCC)CCCC1CC1C. The van der Waals surface area contributed by atoms with E-state index < -0.39 is 0 Å². The van der Waals surface area contributed by atoms with Gasteiger partial charge in [0.2, 0.25) is 0 Å². The minimum absolute atomic E-state index is 0.978. The van der Waals surface area contributed by atoms with E-state index >= 15 is 0 Å². The van der Waals surface area contributed by atoms with Crippen LogP contribution in [0.2, 0.25) is 0 Å². The lowest BCUT2D eigenvalue weighted by atomic mass is 9.90. The minimum Gasteiger partial charge on any atom is -0.103 e. The quantitative estimate of drug-likeness (QED) is 0.187. The van der Waals surface area contributed by atoms with Gasteiger partial charge in [-0.2, -0.15) is 0 Å². The van der Waals surface area contributed by atoms with Crippen LogP contribution in [0.4, 0.5) is 0 Å². The van der Waals surface area contributed by atoms with Crippen LogP contribution in [0.15, 0.2) is 12.7 Å². The molecule has 0 nitrogen and oxygen atoms in total. The molecule has 3 unspecified atom stereocenters. The number of allylic oxidation sites excluding steroid dienone is 1. The van der Waals surface area contributed by atoms with E-state index in [1.54, 1.807) is 0 Å². The Bertz CT molecular complexity index is 267. The largest absolute Gasteiger partial charge is 0.103 e. The van der Waals surface area contributed by atoms with Gasteiger partial charge in [-0.1, -0.05) is 103 Å². The van der Waals surface area contributed by atoms with Crippen molar-refractivity contribution in [1.29, 1.82) is 0 Å². The van der Waals surface area contributed by atoms with E-state index in [2.05, 4.69) is 26.5 Å². The van der Waals surface area contributed by atoms with Gasteiger partial charge in [0.1, 0.15) is 0 Å². The molecule has 0 aliphatic heterocycles. The van der Waals surface area contributed by atoms with Crippen LogP contribution in [0.25, 0.3) is 0 Å². The normalized spacial score (nSPS) is 21.3. The van der Waals surface area contributed by atoms with Crippen LogP contribution in [0.1, 0.15) is 117 Å². The molecule has 1 fully saturated rings. The molecule has 1 aliphatic rings. The number of hydrogen-bond acceptors (Lipinski definition) is 0. The fourth-order valence-corrected chi connectivity index (χ4v) is 4.00. The first-order chi connectivity index (χ1) is 11.3. The number of hydrogen-bond donors (Lipinski definition) is 0. The van der Waals surface area contributed by atoms with Gasteiger partial charge in [-0.25, -0.2) is 0 Å². The fourth-order valence-electron chi connectivity index (χ4n) is 4.00.